The number of hydrogen-bond acceptors (Lipinski definition) is 3. The number of carbonyl (C=O) groups excluding carboxylic acids is 1. The van der Waals surface area contributed by atoms with Crippen LogP contribution in [0.3, 0.4) is 0 Å². The molecule has 2 aliphatic carbocycles. The fourth-order valence-electron chi connectivity index (χ4n) is 3.29. The van der Waals surface area contributed by atoms with Crippen molar-refractivity contribution in [2.24, 2.45) is 5.41 Å². The zero-order valence-corrected chi connectivity index (χ0v) is 13.0. The highest BCUT2D eigenvalue weighted by Gasteiger charge is 2.53. The number of rotatable bonds is 3. The van der Waals surface area contributed by atoms with Crippen LogP contribution in [0.1, 0.15) is 57.9 Å². The zero-order chi connectivity index (χ0) is 15.1. The zero-order valence-electron chi connectivity index (χ0n) is 13.0. The minimum atomic E-state index is -0.388. The molecule has 2 aliphatic rings. The minimum Gasteiger partial charge on any atom is -0.462 e. The summed E-state index contributed by atoms with van der Waals surface area (Å²) in [6.45, 7) is 4.59. The summed E-state index contributed by atoms with van der Waals surface area (Å²) in [6.07, 6.45) is 6.17. The van der Waals surface area contributed by atoms with Gasteiger partial charge in [-0.1, -0.05) is 26.0 Å². The van der Waals surface area contributed by atoms with Crippen LogP contribution in [-0.4, -0.2) is 12.1 Å². The molecule has 0 heterocycles. The third kappa shape index (κ3) is 2.92. The van der Waals surface area contributed by atoms with Gasteiger partial charge in [0.2, 0.25) is 0 Å². The van der Waals surface area contributed by atoms with Crippen molar-refractivity contribution >= 4 is 11.7 Å². The SMILES string of the molecule is CC1(C)CCC(OC(=O)C2(c3ccc(N)cc3)CC2)CC1. The molecule has 0 unspecified atom stereocenters. The summed E-state index contributed by atoms with van der Waals surface area (Å²) in [6, 6.07) is 7.67. The quantitative estimate of drug-likeness (QED) is 0.679. The lowest BCUT2D eigenvalue weighted by Gasteiger charge is -2.34. The van der Waals surface area contributed by atoms with Crippen molar-refractivity contribution in [1.82, 2.24) is 0 Å². The standard InChI is InChI=1S/C18H25NO2/c1-17(2)9-7-15(8-10-17)21-16(20)18(11-12-18)13-3-5-14(19)6-4-13/h3-6,15H,7-12,19H2,1-2H3. The van der Waals surface area contributed by atoms with Crippen LogP contribution in [0.25, 0.3) is 0 Å². The molecule has 2 saturated carbocycles. The first kappa shape index (κ1) is 14.4. The molecular formula is C18H25NO2. The summed E-state index contributed by atoms with van der Waals surface area (Å²) in [4.78, 5) is 12.6. The minimum absolute atomic E-state index is 0.0306. The predicted molar refractivity (Wildman–Crippen MR) is 83.9 cm³/mol. The topological polar surface area (TPSA) is 52.3 Å². The van der Waals surface area contributed by atoms with Crippen molar-refractivity contribution in [2.75, 3.05) is 5.73 Å². The van der Waals surface area contributed by atoms with Crippen molar-refractivity contribution in [3.63, 3.8) is 0 Å². The molecule has 0 radical (unpaired) electrons. The van der Waals surface area contributed by atoms with Gasteiger partial charge in [0, 0.05) is 5.69 Å². The van der Waals surface area contributed by atoms with E-state index in [0.29, 0.717) is 5.41 Å². The van der Waals surface area contributed by atoms with Crippen molar-refractivity contribution in [3.05, 3.63) is 29.8 Å². The smallest absolute Gasteiger partial charge is 0.316 e. The highest BCUT2D eigenvalue weighted by Crippen LogP contribution is 2.50. The van der Waals surface area contributed by atoms with E-state index >= 15 is 0 Å². The number of anilines is 1. The third-order valence-electron chi connectivity index (χ3n) is 5.16. The van der Waals surface area contributed by atoms with Crippen LogP contribution in [0.2, 0.25) is 0 Å². The first-order valence-electron chi connectivity index (χ1n) is 7.98. The van der Waals surface area contributed by atoms with Crippen molar-refractivity contribution in [1.29, 1.82) is 0 Å². The fourth-order valence-corrected chi connectivity index (χ4v) is 3.29. The number of esters is 1. The Balaban J connectivity index is 1.64. The first-order chi connectivity index (χ1) is 9.91. The van der Waals surface area contributed by atoms with Gasteiger partial charge in [0.15, 0.2) is 0 Å². The lowest BCUT2D eigenvalue weighted by Crippen LogP contribution is -2.32. The van der Waals surface area contributed by atoms with Crippen LogP contribution in [0.4, 0.5) is 5.69 Å². The lowest BCUT2D eigenvalue weighted by molar-refractivity contribution is -0.154. The maximum atomic E-state index is 12.6. The second-order valence-electron chi connectivity index (χ2n) is 7.47. The van der Waals surface area contributed by atoms with Gasteiger partial charge in [-0.15, -0.1) is 0 Å². The maximum Gasteiger partial charge on any atom is 0.316 e. The molecule has 21 heavy (non-hydrogen) atoms. The van der Waals surface area contributed by atoms with E-state index in [9.17, 15) is 4.79 Å². The Bertz CT molecular complexity index is 519. The van der Waals surface area contributed by atoms with E-state index in [4.69, 9.17) is 10.5 Å². The Hall–Kier alpha value is -1.51. The normalized spacial score (nSPS) is 23.5. The van der Waals surface area contributed by atoms with Gasteiger partial charge < -0.3 is 10.5 Å². The molecule has 3 rings (SSSR count). The van der Waals surface area contributed by atoms with Gasteiger partial charge in [-0.2, -0.15) is 0 Å². The molecule has 1 aromatic rings. The first-order valence-corrected chi connectivity index (χ1v) is 7.98. The summed E-state index contributed by atoms with van der Waals surface area (Å²) in [7, 11) is 0. The number of benzene rings is 1. The van der Waals surface area contributed by atoms with Crippen LogP contribution < -0.4 is 5.73 Å². The molecule has 0 saturated heterocycles. The average Bonchev–Trinajstić information content (AvgIpc) is 3.23. The van der Waals surface area contributed by atoms with Crippen LogP contribution in [0.5, 0.6) is 0 Å². The van der Waals surface area contributed by atoms with Gasteiger partial charge in [0.25, 0.3) is 0 Å². The van der Waals surface area contributed by atoms with E-state index in [1.165, 1.54) is 0 Å². The molecule has 3 nitrogen and oxygen atoms in total. The molecule has 1 aromatic carbocycles. The molecule has 0 aromatic heterocycles. The molecule has 0 amide bonds. The Kier molecular flexibility index (Phi) is 3.46. The summed E-state index contributed by atoms with van der Waals surface area (Å²) >= 11 is 0. The molecule has 114 valence electrons. The van der Waals surface area contributed by atoms with Gasteiger partial charge >= 0.3 is 5.97 Å². The summed E-state index contributed by atoms with van der Waals surface area (Å²) in [5, 5.41) is 0. The van der Waals surface area contributed by atoms with Crippen LogP contribution >= 0.6 is 0 Å². The van der Waals surface area contributed by atoms with E-state index in [1.807, 2.05) is 24.3 Å². The van der Waals surface area contributed by atoms with Crippen LogP contribution in [-0.2, 0) is 14.9 Å². The number of ether oxygens (including phenoxy) is 1. The van der Waals surface area contributed by atoms with E-state index in [1.54, 1.807) is 0 Å². The van der Waals surface area contributed by atoms with Crippen LogP contribution in [0, 0.1) is 5.41 Å². The third-order valence-corrected chi connectivity index (χ3v) is 5.16. The van der Waals surface area contributed by atoms with Crippen molar-refractivity contribution in [3.8, 4) is 0 Å². The summed E-state index contributed by atoms with van der Waals surface area (Å²) < 4.78 is 5.83. The Morgan fingerprint density at radius 2 is 1.67 bits per heavy atom. The van der Waals surface area contributed by atoms with Gasteiger partial charge in [-0.3, -0.25) is 4.79 Å². The van der Waals surface area contributed by atoms with Gasteiger partial charge in [0.1, 0.15) is 6.10 Å². The number of nitrogens with two attached hydrogens (primary N) is 1. The number of nitrogen functional groups attached to an aromatic ring is 1. The molecule has 2 N–H and O–H groups in total. The predicted octanol–water partition coefficient (Wildman–Crippen LogP) is 3.81. The van der Waals surface area contributed by atoms with E-state index < -0.39 is 0 Å². The Morgan fingerprint density at radius 1 is 1.10 bits per heavy atom. The average molecular weight is 287 g/mol. The van der Waals surface area contributed by atoms with E-state index in [2.05, 4.69) is 13.8 Å². The highest BCUT2D eigenvalue weighted by atomic mass is 16.5. The maximum absolute atomic E-state index is 12.6. The molecule has 0 aliphatic heterocycles. The molecule has 3 heteroatoms. The Morgan fingerprint density at radius 3 is 2.19 bits per heavy atom. The van der Waals surface area contributed by atoms with E-state index in [0.717, 1.165) is 49.8 Å². The largest absolute Gasteiger partial charge is 0.462 e. The Labute approximate surface area is 126 Å². The van der Waals surface area contributed by atoms with Gasteiger partial charge in [-0.05, 0) is 61.6 Å². The highest BCUT2D eigenvalue weighted by molar-refractivity contribution is 5.86. The monoisotopic (exact) mass is 287 g/mol. The van der Waals surface area contributed by atoms with Crippen molar-refractivity contribution in [2.45, 2.75) is 63.9 Å². The second kappa shape index (κ2) is 5.04. The van der Waals surface area contributed by atoms with Crippen molar-refractivity contribution < 1.29 is 9.53 Å². The van der Waals surface area contributed by atoms with Crippen LogP contribution in [0.15, 0.2) is 24.3 Å². The molecule has 0 bridgehead atoms. The lowest BCUT2D eigenvalue weighted by atomic mass is 9.76. The molecule has 0 atom stereocenters. The molecule has 0 spiro atoms. The molecule has 2 fully saturated rings. The molecular weight excluding hydrogens is 262 g/mol. The summed E-state index contributed by atoms with van der Waals surface area (Å²) in [5.74, 6) is -0.0306. The number of hydrogen-bond donors (Lipinski definition) is 1. The second-order valence-corrected chi connectivity index (χ2v) is 7.47. The van der Waals surface area contributed by atoms with Gasteiger partial charge in [0.05, 0.1) is 5.41 Å². The van der Waals surface area contributed by atoms with E-state index in [-0.39, 0.29) is 17.5 Å². The summed E-state index contributed by atoms with van der Waals surface area (Å²) in [5.41, 5.74) is 7.52. The fraction of sp³-hybridized carbons (Fsp3) is 0.611. The number of carbonyl (C=O) groups is 1. The van der Waals surface area contributed by atoms with Gasteiger partial charge in [-0.25, -0.2) is 0 Å².